The van der Waals surface area contributed by atoms with Gasteiger partial charge in [0.2, 0.25) is 0 Å². The molecule has 1 unspecified atom stereocenters. The van der Waals surface area contributed by atoms with Crippen LogP contribution in [0, 0.1) is 5.92 Å². The highest BCUT2D eigenvalue weighted by Crippen LogP contribution is 2.26. The summed E-state index contributed by atoms with van der Waals surface area (Å²) in [6, 6.07) is 6.12. The van der Waals surface area contributed by atoms with Crippen molar-refractivity contribution in [3.63, 3.8) is 0 Å². The maximum absolute atomic E-state index is 6.00. The zero-order valence-corrected chi connectivity index (χ0v) is 13.4. The van der Waals surface area contributed by atoms with Crippen molar-refractivity contribution < 1.29 is 9.47 Å². The van der Waals surface area contributed by atoms with E-state index in [1.54, 1.807) is 0 Å². The van der Waals surface area contributed by atoms with Crippen LogP contribution >= 0.6 is 0 Å². The lowest BCUT2D eigenvalue weighted by Gasteiger charge is -2.16. The summed E-state index contributed by atoms with van der Waals surface area (Å²) in [6.45, 7) is 8.88. The summed E-state index contributed by atoms with van der Waals surface area (Å²) >= 11 is 0. The Balaban J connectivity index is 2.71. The van der Waals surface area contributed by atoms with Crippen molar-refractivity contribution in [3.05, 3.63) is 23.8 Å². The van der Waals surface area contributed by atoms with E-state index in [4.69, 9.17) is 9.47 Å². The van der Waals surface area contributed by atoms with Crippen molar-refractivity contribution in [2.24, 2.45) is 5.92 Å². The molecule has 0 fully saturated rings. The smallest absolute Gasteiger partial charge is 0.127 e. The van der Waals surface area contributed by atoms with Crippen LogP contribution in [-0.2, 0) is 6.54 Å². The van der Waals surface area contributed by atoms with Crippen molar-refractivity contribution in [3.8, 4) is 11.5 Å². The summed E-state index contributed by atoms with van der Waals surface area (Å²) in [4.78, 5) is 0. The monoisotopic (exact) mass is 279 g/mol. The Kier molecular flexibility index (Phi) is 8.12. The summed E-state index contributed by atoms with van der Waals surface area (Å²) in [6.07, 6.45) is 3.42. The molecule has 1 rings (SSSR count). The quantitative estimate of drug-likeness (QED) is 0.702. The van der Waals surface area contributed by atoms with E-state index in [1.165, 1.54) is 18.4 Å². The first-order valence-corrected chi connectivity index (χ1v) is 7.74. The molecule has 0 heterocycles. The van der Waals surface area contributed by atoms with Gasteiger partial charge in [0.15, 0.2) is 0 Å². The molecule has 114 valence electrons. The summed E-state index contributed by atoms with van der Waals surface area (Å²) < 4.78 is 11.7. The van der Waals surface area contributed by atoms with Crippen LogP contribution in [0.3, 0.4) is 0 Å². The molecule has 20 heavy (non-hydrogen) atoms. The fourth-order valence-corrected chi connectivity index (χ4v) is 2.12. The van der Waals surface area contributed by atoms with Gasteiger partial charge in [-0.05, 0) is 31.9 Å². The predicted octanol–water partition coefficient (Wildman–Crippen LogP) is 4.01. The van der Waals surface area contributed by atoms with Gasteiger partial charge in [-0.1, -0.05) is 33.3 Å². The van der Waals surface area contributed by atoms with Gasteiger partial charge in [0.05, 0.1) is 13.2 Å². The molecule has 1 aromatic rings. The second kappa shape index (κ2) is 9.65. The lowest BCUT2D eigenvalue weighted by atomic mass is 10.1. The van der Waals surface area contributed by atoms with Crippen LogP contribution in [0.1, 0.15) is 45.6 Å². The van der Waals surface area contributed by atoms with Crippen LogP contribution < -0.4 is 14.8 Å². The minimum atomic E-state index is 0.586. The lowest BCUT2D eigenvalue weighted by molar-refractivity contribution is 0.246. The largest absolute Gasteiger partial charge is 0.493 e. The number of benzene rings is 1. The summed E-state index contributed by atoms with van der Waals surface area (Å²) in [5.74, 6) is 2.42. The Labute approximate surface area is 123 Å². The Bertz CT molecular complexity index is 379. The molecule has 0 amide bonds. The van der Waals surface area contributed by atoms with Gasteiger partial charge >= 0.3 is 0 Å². The highest BCUT2D eigenvalue weighted by Gasteiger charge is 2.08. The van der Waals surface area contributed by atoms with Gasteiger partial charge in [-0.25, -0.2) is 0 Å². The Morgan fingerprint density at radius 2 is 1.95 bits per heavy atom. The fourth-order valence-electron chi connectivity index (χ4n) is 2.12. The van der Waals surface area contributed by atoms with Gasteiger partial charge in [0.1, 0.15) is 11.5 Å². The van der Waals surface area contributed by atoms with Crippen LogP contribution in [0.5, 0.6) is 11.5 Å². The number of nitrogens with one attached hydrogen (secondary N) is 1. The third kappa shape index (κ3) is 5.83. The van der Waals surface area contributed by atoms with Gasteiger partial charge in [-0.15, -0.1) is 0 Å². The van der Waals surface area contributed by atoms with Crippen molar-refractivity contribution in [1.82, 2.24) is 5.32 Å². The minimum Gasteiger partial charge on any atom is -0.493 e. The highest BCUT2D eigenvalue weighted by molar-refractivity contribution is 5.40. The van der Waals surface area contributed by atoms with Gasteiger partial charge in [0.25, 0.3) is 0 Å². The number of hydrogen-bond donors (Lipinski definition) is 1. The second-order valence-electron chi connectivity index (χ2n) is 5.35. The third-order valence-corrected chi connectivity index (χ3v) is 3.18. The van der Waals surface area contributed by atoms with E-state index in [-0.39, 0.29) is 0 Å². The van der Waals surface area contributed by atoms with Gasteiger partial charge in [-0.2, -0.15) is 0 Å². The zero-order valence-electron chi connectivity index (χ0n) is 13.4. The molecule has 1 aromatic carbocycles. The molecule has 0 aliphatic rings. The van der Waals surface area contributed by atoms with Crippen molar-refractivity contribution >= 4 is 0 Å². The van der Waals surface area contributed by atoms with E-state index in [0.29, 0.717) is 5.92 Å². The second-order valence-corrected chi connectivity index (χ2v) is 5.35. The standard InChI is InChI=1S/C17H29NO2/c1-5-7-14(3)13-20-17-11-16(19-10-6-2)9-8-15(17)12-18-4/h8-9,11,14,18H,5-7,10,12-13H2,1-4H3. The van der Waals surface area contributed by atoms with Crippen molar-refractivity contribution in [2.75, 3.05) is 20.3 Å². The van der Waals surface area contributed by atoms with Gasteiger partial charge < -0.3 is 14.8 Å². The van der Waals surface area contributed by atoms with E-state index in [9.17, 15) is 0 Å². The van der Waals surface area contributed by atoms with E-state index in [0.717, 1.165) is 37.7 Å². The summed E-state index contributed by atoms with van der Waals surface area (Å²) in [7, 11) is 1.95. The molecular formula is C17H29NO2. The first-order chi connectivity index (χ1) is 9.71. The summed E-state index contributed by atoms with van der Waals surface area (Å²) in [5.41, 5.74) is 1.18. The Hall–Kier alpha value is -1.22. The van der Waals surface area contributed by atoms with E-state index < -0.39 is 0 Å². The molecule has 0 spiro atoms. The van der Waals surface area contributed by atoms with E-state index in [2.05, 4.69) is 32.2 Å². The fraction of sp³-hybridized carbons (Fsp3) is 0.647. The zero-order chi connectivity index (χ0) is 14.8. The molecule has 0 aromatic heterocycles. The molecule has 0 aliphatic heterocycles. The molecular weight excluding hydrogens is 250 g/mol. The maximum atomic E-state index is 6.00. The van der Waals surface area contributed by atoms with Gasteiger partial charge in [0, 0.05) is 18.2 Å². The number of rotatable bonds is 10. The average Bonchev–Trinajstić information content (AvgIpc) is 2.45. The SMILES string of the molecule is CCCOc1ccc(CNC)c(OCC(C)CCC)c1. The van der Waals surface area contributed by atoms with Crippen LogP contribution in [0.15, 0.2) is 18.2 Å². The maximum Gasteiger partial charge on any atom is 0.127 e. The van der Waals surface area contributed by atoms with Crippen molar-refractivity contribution in [2.45, 2.75) is 46.6 Å². The normalized spacial score (nSPS) is 12.2. The van der Waals surface area contributed by atoms with Crippen molar-refractivity contribution in [1.29, 1.82) is 0 Å². The first-order valence-electron chi connectivity index (χ1n) is 7.74. The molecule has 3 heteroatoms. The van der Waals surface area contributed by atoms with Crippen LogP contribution in [0.2, 0.25) is 0 Å². The Morgan fingerprint density at radius 3 is 2.60 bits per heavy atom. The minimum absolute atomic E-state index is 0.586. The molecule has 0 saturated heterocycles. The Morgan fingerprint density at radius 1 is 1.15 bits per heavy atom. The molecule has 0 aliphatic carbocycles. The van der Waals surface area contributed by atoms with E-state index >= 15 is 0 Å². The number of ether oxygens (including phenoxy) is 2. The van der Waals surface area contributed by atoms with Crippen LogP contribution in [0.25, 0.3) is 0 Å². The molecule has 3 nitrogen and oxygen atoms in total. The van der Waals surface area contributed by atoms with E-state index in [1.807, 2.05) is 19.2 Å². The predicted molar refractivity (Wildman–Crippen MR) is 84.6 cm³/mol. The average molecular weight is 279 g/mol. The highest BCUT2D eigenvalue weighted by atomic mass is 16.5. The molecule has 1 atom stereocenters. The topological polar surface area (TPSA) is 30.5 Å². The first kappa shape index (κ1) is 16.8. The van der Waals surface area contributed by atoms with Crippen LogP contribution in [-0.4, -0.2) is 20.3 Å². The summed E-state index contributed by atoms with van der Waals surface area (Å²) in [5, 5.41) is 3.18. The molecule has 0 saturated carbocycles. The molecule has 0 radical (unpaired) electrons. The lowest BCUT2D eigenvalue weighted by Crippen LogP contribution is -2.12. The van der Waals surface area contributed by atoms with Gasteiger partial charge in [-0.3, -0.25) is 0 Å². The molecule has 0 bridgehead atoms. The molecule has 1 N–H and O–H groups in total. The van der Waals surface area contributed by atoms with Crippen LogP contribution in [0.4, 0.5) is 0 Å². The number of hydrogen-bond acceptors (Lipinski definition) is 3. The third-order valence-electron chi connectivity index (χ3n) is 3.18.